The highest BCUT2D eigenvalue weighted by Crippen LogP contribution is 2.37. The van der Waals surface area contributed by atoms with Crippen LogP contribution in [0.1, 0.15) is 29.0 Å². The Morgan fingerprint density at radius 2 is 2.04 bits per heavy atom. The Morgan fingerprint density at radius 1 is 1.25 bits per heavy atom. The number of aryl methyl sites for hydroxylation is 2. The molecule has 1 heterocycles. The lowest BCUT2D eigenvalue weighted by Crippen LogP contribution is -2.31. The quantitative estimate of drug-likeness (QED) is 0.807. The number of nitrogens with one attached hydrogen (secondary N) is 2. The van der Waals surface area contributed by atoms with Gasteiger partial charge in [0.05, 0.1) is 22.4 Å². The lowest BCUT2D eigenvalue weighted by Gasteiger charge is -2.26. The Morgan fingerprint density at radius 3 is 2.75 bits per heavy atom. The highest BCUT2D eigenvalue weighted by Gasteiger charge is 2.30. The van der Waals surface area contributed by atoms with Crippen LogP contribution in [0.2, 0.25) is 0 Å². The number of amides is 2. The summed E-state index contributed by atoms with van der Waals surface area (Å²) in [6.07, 6.45) is 0.229. The van der Waals surface area contributed by atoms with Crippen LogP contribution >= 0.6 is 11.8 Å². The summed E-state index contributed by atoms with van der Waals surface area (Å²) < 4.78 is 0. The molecule has 0 unspecified atom stereocenters. The number of nitriles is 1. The molecular formula is C22H21N3O2S. The van der Waals surface area contributed by atoms with Gasteiger partial charge in [-0.2, -0.15) is 5.26 Å². The zero-order chi connectivity index (χ0) is 20.1. The standard InChI is InChI=1S/C22H21N3O2S/c1-14-6-5-8-16(10-14)24-21(27)13-28-22-19(12-23)18(11-20(26)25-22)17-9-4-3-7-15(17)2/h3-10,18H,11,13H2,1-2H3,(H,24,27)(H,25,26)/t18-/m0/s1. The Labute approximate surface area is 168 Å². The van der Waals surface area contributed by atoms with E-state index in [1.54, 1.807) is 0 Å². The fraction of sp³-hybridized carbons (Fsp3) is 0.227. The molecule has 142 valence electrons. The average Bonchev–Trinajstić information content (AvgIpc) is 2.66. The zero-order valence-corrected chi connectivity index (χ0v) is 16.6. The molecule has 1 atom stereocenters. The number of hydrogen-bond donors (Lipinski definition) is 2. The number of hydrogen-bond acceptors (Lipinski definition) is 4. The number of rotatable bonds is 5. The van der Waals surface area contributed by atoms with Gasteiger partial charge in [-0.25, -0.2) is 0 Å². The van der Waals surface area contributed by atoms with Gasteiger partial charge in [0.15, 0.2) is 0 Å². The Balaban J connectivity index is 1.77. The molecule has 0 saturated carbocycles. The molecule has 0 radical (unpaired) electrons. The largest absolute Gasteiger partial charge is 0.325 e. The van der Waals surface area contributed by atoms with Gasteiger partial charge in [0.1, 0.15) is 0 Å². The van der Waals surface area contributed by atoms with E-state index in [0.29, 0.717) is 10.6 Å². The smallest absolute Gasteiger partial charge is 0.234 e. The summed E-state index contributed by atoms with van der Waals surface area (Å²) in [6, 6.07) is 17.6. The van der Waals surface area contributed by atoms with Gasteiger partial charge in [-0.15, -0.1) is 0 Å². The first-order chi connectivity index (χ1) is 13.5. The second-order valence-corrected chi connectivity index (χ2v) is 7.71. The third-order valence-corrected chi connectivity index (χ3v) is 5.59. The van der Waals surface area contributed by atoms with Crippen molar-refractivity contribution in [3.8, 4) is 6.07 Å². The van der Waals surface area contributed by atoms with Crippen LogP contribution in [0.3, 0.4) is 0 Å². The molecule has 0 aromatic heterocycles. The molecule has 5 nitrogen and oxygen atoms in total. The van der Waals surface area contributed by atoms with E-state index in [2.05, 4.69) is 16.7 Å². The fourth-order valence-corrected chi connectivity index (χ4v) is 4.11. The van der Waals surface area contributed by atoms with Crippen LogP contribution in [0.15, 0.2) is 59.1 Å². The average molecular weight is 391 g/mol. The van der Waals surface area contributed by atoms with E-state index in [1.165, 1.54) is 11.8 Å². The maximum Gasteiger partial charge on any atom is 0.234 e. The molecule has 1 aliphatic heterocycles. The topological polar surface area (TPSA) is 82.0 Å². The summed E-state index contributed by atoms with van der Waals surface area (Å²) in [5.41, 5.74) is 4.29. The molecule has 6 heteroatoms. The van der Waals surface area contributed by atoms with Gasteiger partial charge >= 0.3 is 0 Å². The molecule has 0 aliphatic carbocycles. The van der Waals surface area contributed by atoms with Crippen LogP contribution in [0.5, 0.6) is 0 Å². The molecule has 0 fully saturated rings. The molecule has 2 aromatic rings. The summed E-state index contributed by atoms with van der Waals surface area (Å²) in [7, 11) is 0. The number of benzene rings is 2. The molecule has 0 spiro atoms. The Kier molecular flexibility index (Phi) is 6.17. The van der Waals surface area contributed by atoms with Crippen molar-refractivity contribution >= 4 is 29.3 Å². The molecular weight excluding hydrogens is 370 g/mol. The monoisotopic (exact) mass is 391 g/mol. The predicted molar refractivity (Wildman–Crippen MR) is 112 cm³/mol. The fourth-order valence-electron chi connectivity index (χ4n) is 3.23. The third kappa shape index (κ3) is 4.62. The van der Waals surface area contributed by atoms with Crippen molar-refractivity contribution in [2.45, 2.75) is 26.2 Å². The number of carbonyl (C=O) groups is 2. The molecule has 28 heavy (non-hydrogen) atoms. The first-order valence-corrected chi connectivity index (χ1v) is 9.95. The van der Waals surface area contributed by atoms with E-state index in [9.17, 15) is 14.9 Å². The van der Waals surface area contributed by atoms with Crippen molar-refractivity contribution in [2.75, 3.05) is 11.1 Å². The highest BCUT2D eigenvalue weighted by atomic mass is 32.2. The summed E-state index contributed by atoms with van der Waals surface area (Å²) in [6.45, 7) is 3.93. The van der Waals surface area contributed by atoms with E-state index in [-0.39, 0.29) is 29.9 Å². The van der Waals surface area contributed by atoms with Gasteiger partial charge in [-0.3, -0.25) is 9.59 Å². The predicted octanol–water partition coefficient (Wildman–Crippen LogP) is 4.01. The van der Waals surface area contributed by atoms with Crippen LogP contribution in [0.4, 0.5) is 5.69 Å². The van der Waals surface area contributed by atoms with Gasteiger partial charge in [-0.05, 0) is 42.7 Å². The minimum Gasteiger partial charge on any atom is -0.325 e. The minimum atomic E-state index is -0.290. The molecule has 1 aliphatic rings. The molecule has 2 aromatic carbocycles. The Hall–Kier alpha value is -3.04. The van der Waals surface area contributed by atoms with E-state index in [4.69, 9.17) is 0 Å². The summed E-state index contributed by atoms with van der Waals surface area (Å²) in [5.74, 6) is -0.515. The maximum absolute atomic E-state index is 12.3. The van der Waals surface area contributed by atoms with E-state index in [1.807, 2.05) is 62.4 Å². The highest BCUT2D eigenvalue weighted by molar-refractivity contribution is 8.03. The molecule has 3 rings (SSSR count). The van der Waals surface area contributed by atoms with Crippen LogP contribution in [0.25, 0.3) is 0 Å². The first-order valence-electron chi connectivity index (χ1n) is 8.97. The number of allylic oxidation sites excluding steroid dienone is 1. The van der Waals surface area contributed by atoms with Crippen molar-refractivity contribution in [2.24, 2.45) is 0 Å². The summed E-state index contributed by atoms with van der Waals surface area (Å²) in [4.78, 5) is 24.5. The number of thioether (sulfide) groups is 1. The van der Waals surface area contributed by atoms with Crippen molar-refractivity contribution in [1.29, 1.82) is 5.26 Å². The van der Waals surface area contributed by atoms with Crippen molar-refractivity contribution in [3.05, 3.63) is 75.8 Å². The van der Waals surface area contributed by atoms with Crippen LogP contribution in [-0.2, 0) is 9.59 Å². The van der Waals surface area contributed by atoms with Gasteiger partial charge in [-0.1, -0.05) is 48.2 Å². The maximum atomic E-state index is 12.3. The van der Waals surface area contributed by atoms with Crippen molar-refractivity contribution in [1.82, 2.24) is 5.32 Å². The second-order valence-electron chi connectivity index (χ2n) is 6.72. The van der Waals surface area contributed by atoms with Crippen molar-refractivity contribution < 1.29 is 9.59 Å². The minimum absolute atomic E-state index is 0.106. The lowest BCUT2D eigenvalue weighted by atomic mass is 9.85. The van der Waals surface area contributed by atoms with Crippen LogP contribution in [0, 0.1) is 25.2 Å². The van der Waals surface area contributed by atoms with Crippen LogP contribution < -0.4 is 10.6 Å². The number of carbonyl (C=O) groups excluding carboxylic acids is 2. The van der Waals surface area contributed by atoms with E-state index < -0.39 is 0 Å². The second kappa shape index (κ2) is 8.77. The Bertz CT molecular complexity index is 991. The van der Waals surface area contributed by atoms with Crippen molar-refractivity contribution in [3.63, 3.8) is 0 Å². The summed E-state index contributed by atoms with van der Waals surface area (Å²) in [5, 5.41) is 15.8. The zero-order valence-electron chi connectivity index (χ0n) is 15.8. The normalized spacial score (nSPS) is 16.3. The first kappa shape index (κ1) is 19.7. The molecule has 2 N–H and O–H groups in total. The number of anilines is 1. The lowest BCUT2D eigenvalue weighted by molar-refractivity contribution is -0.121. The van der Waals surface area contributed by atoms with Gasteiger partial charge in [0.2, 0.25) is 11.8 Å². The molecule has 2 amide bonds. The van der Waals surface area contributed by atoms with Crippen LogP contribution in [-0.4, -0.2) is 17.6 Å². The van der Waals surface area contributed by atoms with Gasteiger partial charge < -0.3 is 10.6 Å². The third-order valence-electron chi connectivity index (χ3n) is 4.57. The van der Waals surface area contributed by atoms with E-state index in [0.717, 1.165) is 22.4 Å². The molecule has 0 saturated heterocycles. The van der Waals surface area contributed by atoms with Gasteiger partial charge in [0.25, 0.3) is 0 Å². The van der Waals surface area contributed by atoms with Gasteiger partial charge in [0, 0.05) is 18.0 Å². The molecule has 0 bridgehead atoms. The number of nitrogens with zero attached hydrogens (tertiary/aromatic N) is 1. The SMILES string of the molecule is Cc1cccc(NC(=O)CSC2=C(C#N)[C@H](c3ccccc3C)CC(=O)N2)c1. The van der Waals surface area contributed by atoms with E-state index >= 15 is 0 Å². The summed E-state index contributed by atoms with van der Waals surface area (Å²) >= 11 is 1.18.